The number of benzene rings is 2. The zero-order valence-electron chi connectivity index (χ0n) is 13.9. The molecule has 0 aliphatic carbocycles. The van der Waals surface area contributed by atoms with Crippen molar-refractivity contribution in [3.8, 4) is 17.1 Å². The van der Waals surface area contributed by atoms with Gasteiger partial charge in [-0.15, -0.1) is 0 Å². The van der Waals surface area contributed by atoms with Crippen molar-refractivity contribution in [2.24, 2.45) is 0 Å². The summed E-state index contributed by atoms with van der Waals surface area (Å²) >= 11 is 6.14. The van der Waals surface area contributed by atoms with Gasteiger partial charge in [-0.1, -0.05) is 28.9 Å². The van der Waals surface area contributed by atoms with Gasteiger partial charge in [-0.3, -0.25) is 4.79 Å². The second-order valence-corrected chi connectivity index (χ2v) is 6.33. The molecule has 2 aromatic carbocycles. The van der Waals surface area contributed by atoms with Crippen LogP contribution in [0.15, 0.2) is 53.1 Å². The molecule has 0 atom stereocenters. The third-order valence-electron chi connectivity index (χ3n) is 4.17. The number of carbonyl (C=O) groups excluding carboxylic acids is 1. The largest absolute Gasteiger partial charge is 0.484 e. The minimum atomic E-state index is 0.152. The molecule has 1 aromatic heterocycles. The van der Waals surface area contributed by atoms with Crippen molar-refractivity contribution in [1.82, 2.24) is 10.1 Å². The van der Waals surface area contributed by atoms with Crippen LogP contribution in [0, 0.1) is 0 Å². The van der Waals surface area contributed by atoms with Crippen LogP contribution in [0.4, 0.5) is 5.69 Å². The molecule has 1 aliphatic rings. The maximum atomic E-state index is 11.8. The molecule has 132 valence electrons. The third-order valence-corrected chi connectivity index (χ3v) is 4.50. The average molecular weight is 370 g/mol. The number of ether oxygens (including phenoxy) is 1. The quantitative estimate of drug-likeness (QED) is 0.677. The van der Waals surface area contributed by atoms with Crippen LogP contribution < -0.4 is 9.64 Å². The number of aromatic nitrogens is 2. The highest BCUT2D eigenvalue weighted by Gasteiger charge is 2.21. The van der Waals surface area contributed by atoms with Gasteiger partial charge in [0.2, 0.25) is 11.7 Å². The molecule has 0 saturated carbocycles. The van der Waals surface area contributed by atoms with Crippen LogP contribution in [-0.2, 0) is 11.4 Å². The summed E-state index contributed by atoms with van der Waals surface area (Å²) < 4.78 is 10.9. The first-order valence-electron chi connectivity index (χ1n) is 8.31. The van der Waals surface area contributed by atoms with Gasteiger partial charge in [-0.2, -0.15) is 4.98 Å². The van der Waals surface area contributed by atoms with Crippen molar-refractivity contribution in [2.45, 2.75) is 19.4 Å². The smallest absolute Gasteiger partial charge is 0.264 e. The van der Waals surface area contributed by atoms with E-state index in [-0.39, 0.29) is 12.5 Å². The summed E-state index contributed by atoms with van der Waals surface area (Å²) in [5, 5.41) is 4.50. The standard InChI is InChI=1S/C19H16ClN3O3/c20-16-5-2-1-4-15(16)19-21-17(26-22-19)12-25-14-9-7-13(8-10-14)23-11-3-6-18(23)24/h1-2,4-5,7-10H,3,6,11-12H2. The highest BCUT2D eigenvalue weighted by Crippen LogP contribution is 2.26. The number of hydrogen-bond acceptors (Lipinski definition) is 5. The molecule has 2 heterocycles. The van der Waals surface area contributed by atoms with E-state index in [1.807, 2.05) is 42.5 Å². The summed E-state index contributed by atoms with van der Waals surface area (Å²) in [6.45, 7) is 0.922. The van der Waals surface area contributed by atoms with Crippen molar-refractivity contribution in [3.63, 3.8) is 0 Å². The van der Waals surface area contributed by atoms with E-state index in [1.165, 1.54) is 0 Å². The lowest BCUT2D eigenvalue weighted by atomic mass is 10.2. The summed E-state index contributed by atoms with van der Waals surface area (Å²) in [4.78, 5) is 17.9. The van der Waals surface area contributed by atoms with Crippen LogP contribution in [0.1, 0.15) is 18.7 Å². The summed E-state index contributed by atoms with van der Waals surface area (Å²) in [6, 6.07) is 14.7. The lowest BCUT2D eigenvalue weighted by Crippen LogP contribution is -2.23. The van der Waals surface area contributed by atoms with Gasteiger partial charge in [0.05, 0.1) is 5.02 Å². The van der Waals surface area contributed by atoms with Crippen LogP contribution in [0.25, 0.3) is 11.4 Å². The molecule has 1 fully saturated rings. The highest BCUT2D eigenvalue weighted by atomic mass is 35.5. The molecule has 4 rings (SSSR count). The molecular weight excluding hydrogens is 354 g/mol. The fourth-order valence-electron chi connectivity index (χ4n) is 2.85. The van der Waals surface area contributed by atoms with E-state index in [0.717, 1.165) is 18.7 Å². The molecule has 0 unspecified atom stereocenters. The Hall–Kier alpha value is -2.86. The number of anilines is 1. The Kier molecular flexibility index (Phi) is 4.58. The van der Waals surface area contributed by atoms with E-state index in [0.29, 0.717) is 34.5 Å². The lowest BCUT2D eigenvalue weighted by Gasteiger charge is -2.15. The summed E-state index contributed by atoms with van der Waals surface area (Å²) in [5.41, 5.74) is 1.60. The van der Waals surface area contributed by atoms with E-state index < -0.39 is 0 Å². The number of rotatable bonds is 5. The summed E-state index contributed by atoms with van der Waals surface area (Å²) in [7, 11) is 0. The Bertz CT molecular complexity index is 924. The van der Waals surface area contributed by atoms with Gasteiger partial charge in [-0.25, -0.2) is 0 Å². The Morgan fingerprint density at radius 3 is 2.69 bits per heavy atom. The van der Waals surface area contributed by atoms with Gasteiger partial charge in [-0.05, 0) is 42.8 Å². The van der Waals surface area contributed by atoms with Crippen molar-refractivity contribution in [1.29, 1.82) is 0 Å². The molecule has 1 amide bonds. The highest BCUT2D eigenvalue weighted by molar-refractivity contribution is 6.33. The topological polar surface area (TPSA) is 68.5 Å². The van der Waals surface area contributed by atoms with E-state index in [1.54, 1.807) is 11.0 Å². The molecule has 0 spiro atoms. The summed E-state index contributed by atoms with van der Waals surface area (Å²) in [5.74, 6) is 1.62. The lowest BCUT2D eigenvalue weighted by molar-refractivity contribution is -0.117. The first-order chi connectivity index (χ1) is 12.7. The Morgan fingerprint density at radius 2 is 1.96 bits per heavy atom. The third kappa shape index (κ3) is 3.41. The van der Waals surface area contributed by atoms with Crippen LogP contribution in [0.2, 0.25) is 5.02 Å². The van der Waals surface area contributed by atoms with Crippen LogP contribution in [0.3, 0.4) is 0 Å². The Morgan fingerprint density at radius 1 is 1.15 bits per heavy atom. The molecule has 3 aromatic rings. The molecular formula is C19H16ClN3O3. The Labute approximate surface area is 155 Å². The zero-order valence-corrected chi connectivity index (χ0v) is 14.6. The molecule has 1 saturated heterocycles. The molecule has 1 aliphatic heterocycles. The van der Waals surface area contributed by atoms with Gasteiger partial charge in [0.15, 0.2) is 6.61 Å². The first kappa shape index (κ1) is 16.6. The number of amides is 1. The van der Waals surface area contributed by atoms with Gasteiger partial charge < -0.3 is 14.2 Å². The summed E-state index contributed by atoms with van der Waals surface area (Å²) in [6.07, 6.45) is 1.52. The second kappa shape index (κ2) is 7.17. The Balaban J connectivity index is 1.40. The number of carbonyl (C=O) groups is 1. The monoisotopic (exact) mass is 369 g/mol. The maximum Gasteiger partial charge on any atom is 0.264 e. The minimum Gasteiger partial charge on any atom is -0.484 e. The van der Waals surface area contributed by atoms with Crippen molar-refractivity contribution >= 4 is 23.2 Å². The number of nitrogens with zero attached hydrogens (tertiary/aromatic N) is 3. The van der Waals surface area contributed by atoms with Crippen molar-refractivity contribution < 1.29 is 14.1 Å². The van der Waals surface area contributed by atoms with Gasteiger partial charge in [0.25, 0.3) is 5.89 Å². The zero-order chi connectivity index (χ0) is 17.9. The normalized spacial score (nSPS) is 14.0. The van der Waals surface area contributed by atoms with E-state index in [4.69, 9.17) is 20.9 Å². The van der Waals surface area contributed by atoms with Crippen LogP contribution >= 0.6 is 11.6 Å². The molecule has 6 nitrogen and oxygen atoms in total. The van der Waals surface area contributed by atoms with Crippen LogP contribution in [-0.4, -0.2) is 22.6 Å². The minimum absolute atomic E-state index is 0.152. The SMILES string of the molecule is O=C1CCCN1c1ccc(OCc2nc(-c3ccccc3Cl)no2)cc1. The molecule has 0 bridgehead atoms. The van der Waals surface area contributed by atoms with Gasteiger partial charge >= 0.3 is 0 Å². The maximum absolute atomic E-state index is 11.8. The average Bonchev–Trinajstić information content (AvgIpc) is 3.30. The van der Waals surface area contributed by atoms with Crippen LogP contribution in [0.5, 0.6) is 5.75 Å². The van der Waals surface area contributed by atoms with E-state index >= 15 is 0 Å². The number of halogens is 1. The molecule has 26 heavy (non-hydrogen) atoms. The molecule has 7 heteroatoms. The predicted octanol–water partition coefficient (Wildman–Crippen LogP) is 4.10. The second-order valence-electron chi connectivity index (χ2n) is 5.92. The predicted molar refractivity (Wildman–Crippen MR) is 97.1 cm³/mol. The fourth-order valence-corrected chi connectivity index (χ4v) is 3.07. The van der Waals surface area contributed by atoms with Gasteiger partial charge in [0.1, 0.15) is 5.75 Å². The van der Waals surface area contributed by atoms with E-state index in [2.05, 4.69) is 10.1 Å². The first-order valence-corrected chi connectivity index (χ1v) is 8.69. The fraction of sp³-hybridized carbons (Fsp3) is 0.211. The number of hydrogen-bond donors (Lipinski definition) is 0. The van der Waals surface area contributed by atoms with E-state index in [9.17, 15) is 4.79 Å². The van der Waals surface area contributed by atoms with Gasteiger partial charge in [0, 0.05) is 24.2 Å². The van der Waals surface area contributed by atoms with Crippen molar-refractivity contribution in [2.75, 3.05) is 11.4 Å². The molecule has 0 N–H and O–H groups in total. The molecule has 0 radical (unpaired) electrons. The van der Waals surface area contributed by atoms with Crippen molar-refractivity contribution in [3.05, 3.63) is 59.4 Å².